The first kappa shape index (κ1) is 31.0. The van der Waals surface area contributed by atoms with Gasteiger partial charge in [-0.25, -0.2) is 4.79 Å². The van der Waals surface area contributed by atoms with Crippen molar-refractivity contribution in [1.82, 2.24) is 15.1 Å². The van der Waals surface area contributed by atoms with Gasteiger partial charge in [-0.3, -0.25) is 9.89 Å². The molecule has 1 fully saturated rings. The normalized spacial score (nSPS) is 19.1. The fraction of sp³-hybridized carbons (Fsp3) is 0.303. The van der Waals surface area contributed by atoms with Crippen LogP contribution < -0.4 is 4.90 Å². The highest BCUT2D eigenvalue weighted by Crippen LogP contribution is 2.66. The molecule has 3 aromatic carbocycles. The molecule has 0 radical (unpaired) electrons. The number of hydrogen-bond acceptors (Lipinski definition) is 5. The van der Waals surface area contributed by atoms with E-state index in [-0.39, 0.29) is 11.8 Å². The van der Waals surface area contributed by atoms with E-state index in [9.17, 15) is 18.0 Å². The van der Waals surface area contributed by atoms with E-state index >= 15 is 0 Å². The molecule has 230 valence electrons. The predicted octanol–water partition coefficient (Wildman–Crippen LogP) is 5.85. The Morgan fingerprint density at radius 3 is 2.50 bits per heavy atom. The van der Waals surface area contributed by atoms with Crippen LogP contribution in [0.3, 0.4) is 0 Å². The van der Waals surface area contributed by atoms with Gasteiger partial charge in [0.1, 0.15) is 0 Å². The summed E-state index contributed by atoms with van der Waals surface area (Å²) in [5.41, 5.74) is 7.24. The molecular weight excluding hydrogens is 573 g/mol. The van der Waals surface area contributed by atoms with Gasteiger partial charge in [-0.1, -0.05) is 60.7 Å². The van der Waals surface area contributed by atoms with Crippen LogP contribution in [-0.4, -0.2) is 72.6 Å². The van der Waals surface area contributed by atoms with Crippen LogP contribution in [0.25, 0.3) is 23.1 Å². The molecule has 1 aromatic heterocycles. The summed E-state index contributed by atoms with van der Waals surface area (Å²) in [5.74, 6) is -2.39. The van der Waals surface area contributed by atoms with Crippen LogP contribution in [0.1, 0.15) is 40.3 Å². The van der Waals surface area contributed by atoms with Crippen molar-refractivity contribution < 1.29 is 32.6 Å². The lowest BCUT2D eigenvalue weighted by molar-refractivity contribution is -0.192. The predicted molar refractivity (Wildman–Crippen MR) is 162 cm³/mol. The summed E-state index contributed by atoms with van der Waals surface area (Å²) in [5, 5.41) is 16.0. The van der Waals surface area contributed by atoms with Gasteiger partial charge >= 0.3 is 12.1 Å². The number of para-hydroxylation sites is 1. The number of methoxy groups -OCH3 is 1. The van der Waals surface area contributed by atoms with Crippen molar-refractivity contribution in [2.45, 2.75) is 30.5 Å². The van der Waals surface area contributed by atoms with E-state index in [1.807, 2.05) is 17.0 Å². The first-order valence-corrected chi connectivity index (χ1v) is 14.1. The number of halogens is 3. The highest BCUT2D eigenvalue weighted by Gasteiger charge is 2.67. The Bertz CT molecular complexity index is 1700. The fourth-order valence-corrected chi connectivity index (χ4v) is 5.83. The number of carboxylic acid groups (broad SMARTS) is 1. The van der Waals surface area contributed by atoms with Crippen molar-refractivity contribution in [3.8, 4) is 0 Å². The Balaban J connectivity index is 0.000000493. The first-order chi connectivity index (χ1) is 21.0. The third-order valence-corrected chi connectivity index (χ3v) is 7.96. The summed E-state index contributed by atoms with van der Waals surface area (Å²) >= 11 is 0. The highest BCUT2D eigenvalue weighted by atomic mass is 19.4. The van der Waals surface area contributed by atoms with Gasteiger partial charge in [0.05, 0.1) is 23.2 Å². The van der Waals surface area contributed by atoms with Gasteiger partial charge in [-0.05, 0) is 61.0 Å². The molecule has 2 heterocycles. The number of alkyl halides is 3. The van der Waals surface area contributed by atoms with Gasteiger partial charge in [0.2, 0.25) is 5.91 Å². The van der Waals surface area contributed by atoms with Crippen LogP contribution in [-0.2, 0) is 26.3 Å². The Morgan fingerprint density at radius 2 is 1.84 bits per heavy atom. The fourth-order valence-electron chi connectivity index (χ4n) is 5.83. The van der Waals surface area contributed by atoms with E-state index in [1.165, 1.54) is 11.1 Å². The molecule has 11 heteroatoms. The SMILES string of the molecule is COCCN1C(=O)C2(C[C@H]2c2ccc3c(/C=C/c4ccc(CN(C)C)cc4)n[nH]c3c2)c2ccccc21.O=C(O)C(F)(F)F. The zero-order valence-electron chi connectivity index (χ0n) is 24.6. The third kappa shape index (κ3) is 6.11. The van der Waals surface area contributed by atoms with E-state index in [2.05, 4.69) is 95.9 Å². The number of H-pyrrole nitrogens is 1. The first-order valence-electron chi connectivity index (χ1n) is 14.1. The second kappa shape index (κ2) is 12.3. The molecule has 2 aliphatic rings. The number of amides is 1. The lowest BCUT2D eigenvalue weighted by atomic mass is 9.92. The molecule has 1 amide bonds. The second-order valence-corrected chi connectivity index (χ2v) is 11.2. The van der Waals surface area contributed by atoms with Crippen molar-refractivity contribution >= 4 is 40.6 Å². The standard InChI is InChI=1S/C31H32N4O2.C2HF3O2/c1-34(2)20-22-10-8-21(9-11-22)12-15-27-24-14-13-23(18-28(24)33-32-27)26-19-31(26)25-6-4-5-7-29(25)35(30(31)36)16-17-37-3;3-2(4,5)1(6)7/h4-15,18,26H,16-17,19-20H2,1-3H3,(H,32,33);(H,6,7)/b15-12+;/t26-,31?;/m0./s1. The number of nitrogens with zero attached hydrogens (tertiary/aromatic N) is 3. The Labute approximate surface area is 252 Å². The van der Waals surface area contributed by atoms with Crippen molar-refractivity contribution in [1.29, 1.82) is 0 Å². The number of hydrogen-bond donors (Lipinski definition) is 2. The molecule has 1 aliphatic heterocycles. The van der Waals surface area contributed by atoms with Gasteiger partial charge in [0.15, 0.2) is 0 Å². The summed E-state index contributed by atoms with van der Waals surface area (Å²) in [4.78, 5) is 26.6. The number of benzene rings is 3. The minimum Gasteiger partial charge on any atom is -0.475 e. The van der Waals surface area contributed by atoms with E-state index in [0.29, 0.717) is 13.2 Å². The van der Waals surface area contributed by atoms with Gasteiger partial charge < -0.3 is 19.6 Å². The smallest absolute Gasteiger partial charge is 0.475 e. The molecule has 1 aliphatic carbocycles. The summed E-state index contributed by atoms with van der Waals surface area (Å²) in [7, 11) is 5.83. The molecule has 6 rings (SSSR count). The summed E-state index contributed by atoms with van der Waals surface area (Å²) in [6, 6.07) is 23.3. The van der Waals surface area contributed by atoms with Gasteiger partial charge in [-0.2, -0.15) is 18.3 Å². The number of nitrogens with one attached hydrogen (secondary N) is 1. The van der Waals surface area contributed by atoms with E-state index in [0.717, 1.165) is 46.4 Å². The van der Waals surface area contributed by atoms with Gasteiger partial charge in [-0.15, -0.1) is 0 Å². The minimum atomic E-state index is -5.08. The van der Waals surface area contributed by atoms with Crippen LogP contribution in [0.4, 0.5) is 18.9 Å². The zero-order valence-corrected chi connectivity index (χ0v) is 24.6. The molecule has 1 spiro atoms. The molecule has 0 bridgehead atoms. The maximum absolute atomic E-state index is 13.6. The minimum absolute atomic E-state index is 0.168. The van der Waals surface area contributed by atoms with Crippen LogP contribution in [0, 0.1) is 0 Å². The number of anilines is 1. The van der Waals surface area contributed by atoms with Crippen molar-refractivity contribution in [2.75, 3.05) is 39.3 Å². The quantitative estimate of drug-likeness (QED) is 0.261. The Morgan fingerprint density at radius 1 is 1.14 bits per heavy atom. The lowest BCUT2D eigenvalue weighted by Crippen LogP contribution is -2.35. The average molecular weight is 607 g/mol. The molecule has 1 saturated carbocycles. The summed E-state index contributed by atoms with van der Waals surface area (Å²) < 4.78 is 37.0. The lowest BCUT2D eigenvalue weighted by Gasteiger charge is -2.17. The number of carbonyl (C=O) groups is 2. The summed E-state index contributed by atoms with van der Waals surface area (Å²) in [6.07, 6.45) is -0.0907. The number of fused-ring (bicyclic) bond motifs is 3. The molecular formula is C33H33F3N4O4. The van der Waals surface area contributed by atoms with Crippen molar-refractivity contribution in [3.63, 3.8) is 0 Å². The van der Waals surface area contributed by atoms with Crippen LogP contribution in [0.2, 0.25) is 0 Å². The molecule has 0 saturated heterocycles. The molecule has 4 aromatic rings. The monoisotopic (exact) mass is 606 g/mol. The Hall–Kier alpha value is -4.48. The molecule has 2 N–H and O–H groups in total. The number of carbonyl (C=O) groups excluding carboxylic acids is 1. The van der Waals surface area contributed by atoms with Crippen molar-refractivity contribution in [3.05, 3.63) is 94.7 Å². The molecule has 8 nitrogen and oxygen atoms in total. The number of aromatic nitrogens is 2. The number of aliphatic carboxylic acids is 1. The van der Waals surface area contributed by atoms with E-state index in [1.54, 1.807) is 7.11 Å². The average Bonchev–Trinajstić information content (AvgIpc) is 3.55. The van der Waals surface area contributed by atoms with E-state index in [4.69, 9.17) is 14.6 Å². The molecule has 1 unspecified atom stereocenters. The number of rotatable bonds is 8. The largest absolute Gasteiger partial charge is 0.490 e. The Kier molecular flexibility index (Phi) is 8.62. The van der Waals surface area contributed by atoms with Gasteiger partial charge in [0, 0.05) is 37.2 Å². The molecule has 2 atom stereocenters. The number of carboxylic acids is 1. The third-order valence-electron chi connectivity index (χ3n) is 7.96. The van der Waals surface area contributed by atoms with Crippen LogP contribution >= 0.6 is 0 Å². The topological polar surface area (TPSA) is 98.8 Å². The van der Waals surface area contributed by atoms with Crippen LogP contribution in [0.15, 0.2) is 66.7 Å². The van der Waals surface area contributed by atoms with Crippen molar-refractivity contribution in [2.24, 2.45) is 0 Å². The molecule has 44 heavy (non-hydrogen) atoms. The van der Waals surface area contributed by atoms with E-state index < -0.39 is 17.6 Å². The van der Waals surface area contributed by atoms with Gasteiger partial charge in [0.25, 0.3) is 0 Å². The maximum Gasteiger partial charge on any atom is 0.490 e. The second-order valence-electron chi connectivity index (χ2n) is 11.2. The van der Waals surface area contributed by atoms with Crippen LogP contribution in [0.5, 0.6) is 0 Å². The highest BCUT2D eigenvalue weighted by molar-refractivity contribution is 6.11. The zero-order chi connectivity index (χ0) is 31.6. The maximum atomic E-state index is 13.6. The number of aromatic amines is 1. The summed E-state index contributed by atoms with van der Waals surface area (Å²) in [6.45, 7) is 2.03. The number of ether oxygens (including phenoxy) is 1.